The summed E-state index contributed by atoms with van der Waals surface area (Å²) in [6, 6.07) is 0.641. The summed E-state index contributed by atoms with van der Waals surface area (Å²) >= 11 is 0. The lowest BCUT2D eigenvalue weighted by Crippen LogP contribution is -2.47. The van der Waals surface area contributed by atoms with Gasteiger partial charge in [-0.3, -0.25) is 14.5 Å². The fourth-order valence-electron chi connectivity index (χ4n) is 2.72. The van der Waals surface area contributed by atoms with Gasteiger partial charge < -0.3 is 4.84 Å². The molecule has 2 amide bonds. The number of amides is 2. The molecule has 6 heteroatoms. The largest absolute Gasteiger partial charge is 0.347 e. The van der Waals surface area contributed by atoms with Gasteiger partial charge >= 0.3 is 5.97 Å². The number of hydroxylamine groups is 2. The molecule has 0 spiro atoms. The molecule has 106 valence electrons. The summed E-state index contributed by atoms with van der Waals surface area (Å²) in [7, 11) is 0. The Hall–Kier alpha value is -1.43. The predicted molar refractivity (Wildman–Crippen MR) is 66.7 cm³/mol. The fraction of sp³-hybridized carbons (Fsp3) is 0.769. The first-order valence-electron chi connectivity index (χ1n) is 6.81. The predicted octanol–water partition coefficient (Wildman–Crippen LogP) is 0.856. The number of likely N-dealkylation sites (tertiary alicyclic amines) is 1. The third-order valence-electron chi connectivity index (χ3n) is 3.89. The zero-order valence-electron chi connectivity index (χ0n) is 11.4. The van der Waals surface area contributed by atoms with Crippen LogP contribution in [0.15, 0.2) is 0 Å². The summed E-state index contributed by atoms with van der Waals surface area (Å²) in [5.74, 6) is -1.40. The Bertz CT molecular complexity index is 370. The number of carbonyl (C=O) groups excluding carboxylic acids is 3. The average molecular weight is 269 g/mol. The minimum Gasteiger partial charge on any atom is -0.329 e. The summed E-state index contributed by atoms with van der Waals surface area (Å²) in [6.07, 6.45) is 3.53. The monoisotopic (exact) mass is 269 g/mol. The minimum absolute atomic E-state index is 0.124. The van der Waals surface area contributed by atoms with Gasteiger partial charge in [-0.25, -0.2) is 4.79 Å². The third kappa shape index (κ3) is 3.12. The van der Waals surface area contributed by atoms with E-state index in [0.29, 0.717) is 17.1 Å². The molecule has 0 radical (unpaired) electrons. The molecule has 0 aromatic rings. The number of nitrogens with zero attached hydrogens (tertiary/aromatic N) is 2. The van der Waals surface area contributed by atoms with Gasteiger partial charge in [-0.05, 0) is 26.7 Å². The van der Waals surface area contributed by atoms with Crippen LogP contribution in [0.2, 0.25) is 0 Å². The van der Waals surface area contributed by atoms with E-state index in [9.17, 15) is 14.4 Å². The molecule has 2 heterocycles. The number of piperidine rings is 1. The van der Waals surface area contributed by atoms with Gasteiger partial charge in [-0.2, -0.15) is 0 Å². The molecule has 6 nitrogen and oxygen atoms in total. The Balaban J connectivity index is 1.90. The van der Waals surface area contributed by atoms with Crippen molar-refractivity contribution in [3.05, 3.63) is 0 Å². The van der Waals surface area contributed by atoms with Crippen LogP contribution in [-0.2, 0) is 19.2 Å². The van der Waals surface area contributed by atoms with Crippen molar-refractivity contribution in [1.29, 1.82) is 0 Å². The molecule has 0 aromatic heterocycles. The van der Waals surface area contributed by atoms with E-state index in [2.05, 4.69) is 18.7 Å². The molecule has 2 aliphatic rings. The van der Waals surface area contributed by atoms with E-state index >= 15 is 0 Å². The van der Waals surface area contributed by atoms with Crippen molar-refractivity contribution in [1.82, 2.24) is 9.96 Å². The SMILES string of the molecule is CC1CCCC(C)N1[13CH2]C(=O)ON1C(=O)CCC1=O. The fourth-order valence-corrected chi connectivity index (χ4v) is 2.72. The maximum absolute atomic E-state index is 11.8. The van der Waals surface area contributed by atoms with E-state index in [1.54, 1.807) is 0 Å². The van der Waals surface area contributed by atoms with Crippen molar-refractivity contribution in [2.45, 2.75) is 58.0 Å². The quantitative estimate of drug-likeness (QED) is 0.561. The number of hydrogen-bond donors (Lipinski definition) is 0. The first kappa shape index (κ1) is 14.0. The molecule has 0 saturated carbocycles. The summed E-state index contributed by atoms with van der Waals surface area (Å²) in [4.78, 5) is 41.5. The third-order valence-corrected chi connectivity index (χ3v) is 3.89. The molecule has 2 saturated heterocycles. The summed E-state index contributed by atoms with van der Waals surface area (Å²) in [5, 5.41) is 0.613. The Morgan fingerprint density at radius 3 is 2.21 bits per heavy atom. The molecule has 2 rings (SSSR count). The van der Waals surface area contributed by atoms with Crippen LogP contribution in [0.4, 0.5) is 0 Å². The van der Waals surface area contributed by atoms with Crippen molar-refractivity contribution in [3.8, 4) is 0 Å². The van der Waals surface area contributed by atoms with E-state index in [0.717, 1.165) is 19.3 Å². The highest BCUT2D eigenvalue weighted by Gasteiger charge is 2.34. The normalized spacial score (nSPS) is 28.8. The molecule has 0 bridgehead atoms. The van der Waals surface area contributed by atoms with Gasteiger partial charge in [0.05, 0.1) is 6.54 Å². The zero-order chi connectivity index (χ0) is 14.0. The van der Waals surface area contributed by atoms with Crippen LogP contribution >= 0.6 is 0 Å². The van der Waals surface area contributed by atoms with Crippen LogP contribution in [0.5, 0.6) is 0 Å². The highest BCUT2D eigenvalue weighted by Crippen LogP contribution is 2.22. The molecule has 0 N–H and O–H groups in total. The van der Waals surface area contributed by atoms with Gasteiger partial charge in [0, 0.05) is 24.9 Å². The second-order valence-corrected chi connectivity index (χ2v) is 5.35. The van der Waals surface area contributed by atoms with E-state index in [-0.39, 0.29) is 19.4 Å². The van der Waals surface area contributed by atoms with Crippen LogP contribution in [0.1, 0.15) is 46.0 Å². The molecular formula is C13H20N2O4. The van der Waals surface area contributed by atoms with Crippen molar-refractivity contribution < 1.29 is 19.2 Å². The second-order valence-electron chi connectivity index (χ2n) is 5.35. The molecular weight excluding hydrogens is 249 g/mol. The molecule has 2 atom stereocenters. The maximum Gasteiger partial charge on any atom is 0.347 e. The highest BCUT2D eigenvalue weighted by atomic mass is 16.7. The van der Waals surface area contributed by atoms with Crippen LogP contribution in [-0.4, -0.2) is 46.4 Å². The number of carbonyl (C=O) groups is 3. The number of rotatable bonds is 3. The van der Waals surface area contributed by atoms with E-state index in [4.69, 9.17) is 4.84 Å². The van der Waals surface area contributed by atoms with Crippen LogP contribution in [0, 0.1) is 0 Å². The Labute approximate surface area is 112 Å². The number of imide groups is 1. The first-order valence-corrected chi connectivity index (χ1v) is 6.81. The summed E-state index contributed by atoms with van der Waals surface area (Å²) in [5.41, 5.74) is 0. The molecule has 2 aliphatic heterocycles. The molecule has 2 fully saturated rings. The smallest absolute Gasteiger partial charge is 0.329 e. The zero-order valence-corrected chi connectivity index (χ0v) is 11.4. The van der Waals surface area contributed by atoms with E-state index in [1.807, 2.05) is 0 Å². The summed E-state index contributed by atoms with van der Waals surface area (Å²) in [6.45, 7) is 4.28. The average Bonchev–Trinajstić information content (AvgIpc) is 2.66. The van der Waals surface area contributed by atoms with Gasteiger partial charge in [-0.15, -0.1) is 5.06 Å². The maximum atomic E-state index is 11.8. The van der Waals surface area contributed by atoms with Crippen molar-refractivity contribution in [3.63, 3.8) is 0 Å². The molecule has 19 heavy (non-hydrogen) atoms. The first-order chi connectivity index (χ1) is 8.99. The molecule has 0 aliphatic carbocycles. The van der Waals surface area contributed by atoms with E-state index in [1.165, 1.54) is 0 Å². The van der Waals surface area contributed by atoms with Crippen LogP contribution in [0.3, 0.4) is 0 Å². The lowest BCUT2D eigenvalue weighted by molar-refractivity contribution is -0.199. The molecule has 2 unspecified atom stereocenters. The highest BCUT2D eigenvalue weighted by molar-refractivity contribution is 6.01. The van der Waals surface area contributed by atoms with Gasteiger partial charge in [0.1, 0.15) is 0 Å². The minimum atomic E-state index is -0.538. The van der Waals surface area contributed by atoms with Gasteiger partial charge in [0.25, 0.3) is 11.8 Å². The summed E-state index contributed by atoms with van der Waals surface area (Å²) < 4.78 is 0. The van der Waals surface area contributed by atoms with Crippen LogP contribution in [0.25, 0.3) is 0 Å². The van der Waals surface area contributed by atoms with Crippen LogP contribution < -0.4 is 0 Å². The van der Waals surface area contributed by atoms with Gasteiger partial charge in [0.15, 0.2) is 0 Å². The molecule has 0 aromatic carbocycles. The van der Waals surface area contributed by atoms with Crippen molar-refractivity contribution >= 4 is 17.8 Å². The Morgan fingerprint density at radius 2 is 1.68 bits per heavy atom. The van der Waals surface area contributed by atoms with E-state index < -0.39 is 17.8 Å². The Morgan fingerprint density at radius 1 is 1.16 bits per heavy atom. The van der Waals surface area contributed by atoms with Crippen molar-refractivity contribution in [2.24, 2.45) is 0 Å². The van der Waals surface area contributed by atoms with Gasteiger partial charge in [0.2, 0.25) is 0 Å². The lowest BCUT2D eigenvalue weighted by atomic mass is 9.99. The van der Waals surface area contributed by atoms with Gasteiger partial charge in [-0.1, -0.05) is 6.42 Å². The number of hydrogen-bond acceptors (Lipinski definition) is 5. The Kier molecular flexibility index (Phi) is 4.19. The topological polar surface area (TPSA) is 66.9 Å². The van der Waals surface area contributed by atoms with Crippen molar-refractivity contribution in [2.75, 3.05) is 6.54 Å². The standard InChI is InChI=1S/C13H20N2O4/c1-9-4-3-5-10(2)14(9)8-13(18)19-15-11(16)6-7-12(15)17/h9-10H,3-8H2,1-2H3/i8+1. The lowest BCUT2D eigenvalue weighted by Gasteiger charge is -2.38. The second kappa shape index (κ2) is 5.69.